The van der Waals surface area contributed by atoms with E-state index in [0.29, 0.717) is 23.6 Å². The maximum Gasteiger partial charge on any atom is 0.241 e. The summed E-state index contributed by atoms with van der Waals surface area (Å²) in [5, 5.41) is 2.79. The minimum atomic E-state index is -3.88. The quantitative estimate of drug-likeness (QED) is 0.445. The number of hydrogen-bond donors (Lipinski definition) is 2. The normalized spacial score (nSPS) is 12.2. The van der Waals surface area contributed by atoms with Gasteiger partial charge in [0.25, 0.3) is 0 Å². The van der Waals surface area contributed by atoms with Crippen molar-refractivity contribution in [1.82, 2.24) is 14.9 Å². The Hall–Kier alpha value is -3.89. The fourth-order valence-corrected chi connectivity index (χ4v) is 4.46. The molecule has 0 atom stereocenters. The second-order valence-electron chi connectivity index (χ2n) is 7.84. The molecule has 0 saturated carbocycles. The van der Waals surface area contributed by atoms with Gasteiger partial charge in [-0.15, -0.1) is 0 Å². The Morgan fingerprint density at radius 2 is 1.54 bits per heavy atom. The van der Waals surface area contributed by atoms with Gasteiger partial charge in [0.2, 0.25) is 28.6 Å². The van der Waals surface area contributed by atoms with E-state index in [1.165, 1.54) is 17.0 Å². The molecule has 35 heavy (non-hydrogen) atoms. The molecule has 0 radical (unpaired) electrons. The van der Waals surface area contributed by atoms with Gasteiger partial charge in [-0.1, -0.05) is 54.6 Å². The van der Waals surface area contributed by atoms with E-state index in [1.54, 1.807) is 36.4 Å². The van der Waals surface area contributed by atoms with Crippen LogP contribution in [0.1, 0.15) is 11.1 Å². The van der Waals surface area contributed by atoms with Crippen LogP contribution in [-0.4, -0.2) is 45.0 Å². The third-order valence-corrected chi connectivity index (χ3v) is 6.71. The number of carbonyl (C=O) groups is 2. The first-order chi connectivity index (χ1) is 16.9. The number of fused-ring (bicyclic) bond motifs is 1. The summed E-state index contributed by atoms with van der Waals surface area (Å²) < 4.78 is 38.1. The van der Waals surface area contributed by atoms with Crippen LogP contribution in [0.15, 0.2) is 83.8 Å². The summed E-state index contributed by atoms with van der Waals surface area (Å²) in [4.78, 5) is 27.0. The molecule has 0 spiro atoms. The minimum absolute atomic E-state index is 0.0516. The van der Waals surface area contributed by atoms with Crippen molar-refractivity contribution in [3.8, 4) is 11.5 Å². The van der Waals surface area contributed by atoms with Crippen molar-refractivity contribution in [2.24, 2.45) is 0 Å². The molecule has 3 aromatic rings. The van der Waals surface area contributed by atoms with Crippen LogP contribution < -0.4 is 19.5 Å². The first kappa shape index (κ1) is 24.2. The molecule has 182 valence electrons. The van der Waals surface area contributed by atoms with Crippen LogP contribution in [0.3, 0.4) is 0 Å². The molecule has 9 nitrogen and oxygen atoms in total. The summed E-state index contributed by atoms with van der Waals surface area (Å²) in [6.45, 7) is -0.223. The molecule has 0 aliphatic carbocycles. The van der Waals surface area contributed by atoms with Crippen LogP contribution in [0.5, 0.6) is 11.5 Å². The van der Waals surface area contributed by atoms with E-state index >= 15 is 0 Å². The molecule has 1 aliphatic rings. The Balaban J connectivity index is 1.44. The molecule has 0 aromatic heterocycles. The van der Waals surface area contributed by atoms with Gasteiger partial charge in [0.1, 0.15) is 0 Å². The number of ether oxygens (including phenoxy) is 2. The van der Waals surface area contributed by atoms with Gasteiger partial charge in [-0.25, -0.2) is 13.1 Å². The number of benzene rings is 3. The van der Waals surface area contributed by atoms with Crippen LogP contribution in [0.25, 0.3) is 0 Å². The van der Waals surface area contributed by atoms with Crippen molar-refractivity contribution in [1.29, 1.82) is 0 Å². The third-order valence-electron chi connectivity index (χ3n) is 5.30. The Morgan fingerprint density at radius 1 is 0.857 bits per heavy atom. The van der Waals surface area contributed by atoms with Crippen molar-refractivity contribution in [2.45, 2.75) is 18.0 Å². The van der Waals surface area contributed by atoms with Gasteiger partial charge in [-0.05, 0) is 35.4 Å². The molecule has 0 unspecified atom stereocenters. The monoisotopic (exact) mass is 495 g/mol. The lowest BCUT2D eigenvalue weighted by Gasteiger charge is -2.23. The summed E-state index contributed by atoms with van der Waals surface area (Å²) in [6, 6.07) is 22.4. The number of carbonyl (C=O) groups excluding carboxylic acids is 2. The Kier molecular flexibility index (Phi) is 7.64. The van der Waals surface area contributed by atoms with E-state index in [-0.39, 0.29) is 30.7 Å². The highest BCUT2D eigenvalue weighted by atomic mass is 32.2. The smallest absolute Gasteiger partial charge is 0.241 e. The number of sulfonamides is 1. The van der Waals surface area contributed by atoms with E-state index in [4.69, 9.17) is 9.47 Å². The summed E-state index contributed by atoms with van der Waals surface area (Å²) in [6.07, 6.45) is 0. The molecule has 10 heteroatoms. The highest BCUT2D eigenvalue weighted by molar-refractivity contribution is 7.89. The standard InChI is InChI=1S/C25H25N3O6S/c29-24(26-14-19-7-3-1-4-8-19)17-28(16-20-11-12-22-23(13-20)34-18-33-22)25(30)15-27-35(31,32)21-9-5-2-6-10-21/h1-13,27H,14-18H2,(H,26,29). The lowest BCUT2D eigenvalue weighted by Crippen LogP contribution is -2.44. The van der Waals surface area contributed by atoms with Gasteiger partial charge >= 0.3 is 0 Å². The van der Waals surface area contributed by atoms with Crippen LogP contribution >= 0.6 is 0 Å². The first-order valence-corrected chi connectivity index (χ1v) is 12.4. The van der Waals surface area contributed by atoms with Crippen LogP contribution in [-0.2, 0) is 32.7 Å². The predicted octanol–water partition coefficient (Wildman–Crippen LogP) is 2.04. The van der Waals surface area contributed by atoms with Crippen molar-refractivity contribution in [3.63, 3.8) is 0 Å². The second-order valence-corrected chi connectivity index (χ2v) is 9.60. The third kappa shape index (κ3) is 6.58. The number of nitrogens with zero attached hydrogens (tertiary/aromatic N) is 1. The fraction of sp³-hybridized carbons (Fsp3) is 0.200. The van der Waals surface area contributed by atoms with Gasteiger partial charge < -0.3 is 19.7 Å². The Labute approximate surface area is 203 Å². The summed E-state index contributed by atoms with van der Waals surface area (Å²) in [5.41, 5.74) is 1.63. The predicted molar refractivity (Wildman–Crippen MR) is 128 cm³/mol. The van der Waals surface area contributed by atoms with Gasteiger partial charge in [-0.3, -0.25) is 9.59 Å². The van der Waals surface area contributed by atoms with Crippen LogP contribution in [0, 0.1) is 0 Å². The van der Waals surface area contributed by atoms with Gasteiger partial charge in [0, 0.05) is 13.1 Å². The highest BCUT2D eigenvalue weighted by Gasteiger charge is 2.22. The molecule has 1 aliphatic heterocycles. The minimum Gasteiger partial charge on any atom is -0.454 e. The summed E-state index contributed by atoms with van der Waals surface area (Å²) >= 11 is 0. The maximum absolute atomic E-state index is 13.0. The van der Waals surface area contributed by atoms with E-state index in [0.717, 1.165) is 5.56 Å². The molecule has 2 amide bonds. The molecule has 3 aromatic carbocycles. The Bertz CT molecular complexity index is 1280. The Morgan fingerprint density at radius 3 is 2.29 bits per heavy atom. The molecule has 0 fully saturated rings. The topological polar surface area (TPSA) is 114 Å². The van der Waals surface area contributed by atoms with Crippen molar-refractivity contribution in [3.05, 3.63) is 90.0 Å². The van der Waals surface area contributed by atoms with Crippen molar-refractivity contribution >= 4 is 21.8 Å². The highest BCUT2D eigenvalue weighted by Crippen LogP contribution is 2.32. The van der Waals surface area contributed by atoms with Crippen LogP contribution in [0.4, 0.5) is 0 Å². The molecule has 0 saturated heterocycles. The zero-order valence-electron chi connectivity index (χ0n) is 18.8. The average molecular weight is 496 g/mol. The number of nitrogens with one attached hydrogen (secondary N) is 2. The number of hydrogen-bond acceptors (Lipinski definition) is 6. The maximum atomic E-state index is 13.0. The van der Waals surface area contributed by atoms with Gasteiger partial charge in [0.15, 0.2) is 11.5 Å². The van der Waals surface area contributed by atoms with E-state index in [9.17, 15) is 18.0 Å². The average Bonchev–Trinajstić information content (AvgIpc) is 3.35. The van der Waals surface area contributed by atoms with Gasteiger partial charge in [0.05, 0.1) is 18.0 Å². The second kappa shape index (κ2) is 11.0. The fourth-order valence-electron chi connectivity index (χ4n) is 3.47. The number of rotatable bonds is 10. The zero-order valence-corrected chi connectivity index (χ0v) is 19.7. The summed E-state index contributed by atoms with van der Waals surface area (Å²) in [7, 11) is -3.88. The summed E-state index contributed by atoms with van der Waals surface area (Å²) in [5.74, 6) is 0.238. The van der Waals surface area contributed by atoms with E-state index < -0.39 is 22.5 Å². The van der Waals surface area contributed by atoms with Crippen molar-refractivity contribution < 1.29 is 27.5 Å². The molecule has 0 bridgehead atoms. The lowest BCUT2D eigenvalue weighted by molar-refractivity contribution is -0.135. The van der Waals surface area contributed by atoms with Gasteiger partial charge in [-0.2, -0.15) is 0 Å². The van der Waals surface area contributed by atoms with E-state index in [2.05, 4.69) is 10.0 Å². The SMILES string of the molecule is O=C(CN(Cc1ccc2c(c1)OCO2)C(=O)CNS(=O)(=O)c1ccccc1)NCc1ccccc1. The first-order valence-electron chi connectivity index (χ1n) is 10.9. The lowest BCUT2D eigenvalue weighted by atomic mass is 10.2. The molecular formula is C25H25N3O6S. The molecule has 2 N–H and O–H groups in total. The molecule has 4 rings (SSSR count). The zero-order chi connectivity index (χ0) is 24.7. The largest absolute Gasteiger partial charge is 0.454 e. The molecular weight excluding hydrogens is 470 g/mol. The van der Waals surface area contributed by atoms with Crippen molar-refractivity contribution in [2.75, 3.05) is 19.9 Å². The van der Waals surface area contributed by atoms with Crippen LogP contribution in [0.2, 0.25) is 0 Å². The van der Waals surface area contributed by atoms with E-state index in [1.807, 2.05) is 30.3 Å². The molecule has 1 heterocycles. The number of amides is 2.